The highest BCUT2D eigenvalue weighted by Crippen LogP contribution is 2.33. The van der Waals surface area contributed by atoms with E-state index in [0.717, 1.165) is 32.1 Å². The van der Waals surface area contributed by atoms with Crippen molar-refractivity contribution in [2.24, 2.45) is 5.73 Å². The Morgan fingerprint density at radius 2 is 1.10 bits per heavy atom. The van der Waals surface area contributed by atoms with E-state index in [9.17, 15) is 14.2 Å². The summed E-state index contributed by atoms with van der Waals surface area (Å²) in [6.07, 6.45) is 23.6. The molecule has 0 heterocycles. The largest absolute Gasteiger partial charge is 0.445 e. The molecular formula is C37H76N3O9PS. The summed E-state index contributed by atoms with van der Waals surface area (Å²) in [6, 6.07) is -0.678. The normalized spacial score (nSPS) is 12.9. The molecule has 2 atom stereocenters. The molecule has 0 aliphatic heterocycles. The molecule has 0 saturated carbocycles. The van der Waals surface area contributed by atoms with Gasteiger partial charge in [-0.25, -0.2) is 4.79 Å². The highest BCUT2D eigenvalue weighted by Gasteiger charge is 2.18. The molecule has 304 valence electrons. The Labute approximate surface area is 314 Å². The molecule has 0 rings (SSSR count). The van der Waals surface area contributed by atoms with Gasteiger partial charge in [-0.15, -0.1) is 0 Å². The second-order valence-electron chi connectivity index (χ2n) is 13.4. The Kier molecular flexibility index (Phi) is 36.7. The van der Waals surface area contributed by atoms with Gasteiger partial charge in [-0.05, 0) is 19.3 Å². The highest BCUT2D eigenvalue weighted by atomic mass is 32.2. The number of thioether (sulfide) groups is 1. The van der Waals surface area contributed by atoms with Gasteiger partial charge in [0, 0.05) is 24.6 Å². The quantitative estimate of drug-likeness (QED) is 0.0312. The molecule has 0 radical (unpaired) electrons. The maximum atomic E-state index is 12.6. The molecule has 0 aromatic carbocycles. The van der Waals surface area contributed by atoms with Crippen LogP contribution in [0.3, 0.4) is 0 Å². The van der Waals surface area contributed by atoms with Gasteiger partial charge >= 0.3 is 13.7 Å². The second-order valence-corrected chi connectivity index (χ2v) is 16.3. The van der Waals surface area contributed by atoms with Gasteiger partial charge in [-0.2, -0.15) is 11.8 Å². The molecule has 0 aromatic rings. The molecule has 0 saturated heterocycles. The van der Waals surface area contributed by atoms with Crippen molar-refractivity contribution in [3.05, 3.63) is 0 Å². The van der Waals surface area contributed by atoms with Crippen molar-refractivity contribution in [2.75, 3.05) is 70.4 Å². The molecule has 0 aliphatic carbocycles. The van der Waals surface area contributed by atoms with Gasteiger partial charge in [-0.1, -0.05) is 123 Å². The standard InChI is InChI=1S/C37H76N3O9PS/c1-3-5-7-9-11-13-14-16-18-20-22-34(49-37(42)40-23-21-19-17-15-12-10-8-6-4-2)32-51-33-35(38)36(41)39-24-25-46-26-27-47-28-29-48-30-31-50(43,44)45/h34-35H,3-33,38H2,1-2H3,(H,39,41)(H,40,42)(H2,43,44,45)/t34-,35-/m1/s1. The minimum atomic E-state index is -4.03. The van der Waals surface area contributed by atoms with Crippen molar-refractivity contribution in [3.8, 4) is 0 Å². The van der Waals surface area contributed by atoms with Gasteiger partial charge < -0.3 is 45.1 Å². The number of alkyl carbamates (subject to hydrolysis) is 1. The Balaban J connectivity index is 4.24. The summed E-state index contributed by atoms with van der Waals surface area (Å²) in [7, 11) is -4.03. The van der Waals surface area contributed by atoms with Crippen molar-refractivity contribution in [1.82, 2.24) is 10.6 Å². The predicted molar refractivity (Wildman–Crippen MR) is 210 cm³/mol. The summed E-state index contributed by atoms with van der Waals surface area (Å²) < 4.78 is 32.5. The van der Waals surface area contributed by atoms with Gasteiger partial charge in [0.2, 0.25) is 5.91 Å². The third-order valence-electron chi connectivity index (χ3n) is 8.46. The molecule has 0 unspecified atom stereocenters. The SMILES string of the molecule is CCCCCCCCCCCC[C@H](CSC[C@@H](N)C(=O)NCCOCCOCCOCCP(=O)(O)O)OC(=O)NCCCCCCCCCCC. The average molecular weight is 770 g/mol. The van der Waals surface area contributed by atoms with Crippen LogP contribution in [0.4, 0.5) is 4.79 Å². The lowest BCUT2D eigenvalue weighted by molar-refractivity contribution is -0.122. The van der Waals surface area contributed by atoms with Crippen LogP contribution in [-0.2, 0) is 28.3 Å². The van der Waals surface area contributed by atoms with Crippen LogP contribution in [0, 0.1) is 0 Å². The monoisotopic (exact) mass is 770 g/mol. The lowest BCUT2D eigenvalue weighted by Crippen LogP contribution is -2.43. The van der Waals surface area contributed by atoms with E-state index < -0.39 is 13.6 Å². The van der Waals surface area contributed by atoms with Crippen LogP contribution in [0.2, 0.25) is 0 Å². The molecule has 0 spiro atoms. The summed E-state index contributed by atoms with van der Waals surface area (Å²) in [6.45, 7) is 6.95. The van der Waals surface area contributed by atoms with E-state index >= 15 is 0 Å². The summed E-state index contributed by atoms with van der Waals surface area (Å²) in [5, 5.41) is 5.73. The maximum Gasteiger partial charge on any atom is 0.407 e. The molecule has 2 amide bonds. The number of amides is 2. The van der Waals surface area contributed by atoms with Crippen LogP contribution in [0.15, 0.2) is 0 Å². The van der Waals surface area contributed by atoms with Gasteiger partial charge in [0.1, 0.15) is 6.10 Å². The molecule has 14 heteroatoms. The zero-order valence-corrected chi connectivity index (χ0v) is 34.0. The predicted octanol–water partition coefficient (Wildman–Crippen LogP) is 7.33. The number of hydrogen-bond acceptors (Lipinski definition) is 9. The minimum absolute atomic E-state index is 0.0190. The van der Waals surface area contributed by atoms with E-state index in [4.69, 9.17) is 34.5 Å². The van der Waals surface area contributed by atoms with Crippen LogP contribution >= 0.6 is 19.4 Å². The summed E-state index contributed by atoms with van der Waals surface area (Å²) >= 11 is 1.54. The molecule has 0 aromatic heterocycles. The summed E-state index contributed by atoms with van der Waals surface area (Å²) in [5.41, 5.74) is 6.14. The van der Waals surface area contributed by atoms with Gasteiger partial charge in [0.25, 0.3) is 0 Å². The van der Waals surface area contributed by atoms with E-state index in [2.05, 4.69) is 24.5 Å². The van der Waals surface area contributed by atoms with E-state index in [0.29, 0.717) is 51.0 Å². The van der Waals surface area contributed by atoms with Crippen LogP contribution in [0.5, 0.6) is 0 Å². The zero-order valence-electron chi connectivity index (χ0n) is 32.3. The van der Waals surface area contributed by atoms with E-state index in [1.807, 2.05) is 0 Å². The number of unbranched alkanes of at least 4 members (excludes halogenated alkanes) is 17. The molecule has 51 heavy (non-hydrogen) atoms. The topological polar surface area (TPSA) is 179 Å². The van der Waals surface area contributed by atoms with Crippen molar-refractivity contribution >= 4 is 31.4 Å². The number of ether oxygens (including phenoxy) is 4. The fourth-order valence-electron chi connectivity index (χ4n) is 5.36. The molecule has 0 fully saturated rings. The third kappa shape index (κ3) is 38.6. The zero-order chi connectivity index (χ0) is 37.7. The van der Waals surface area contributed by atoms with Crippen molar-refractivity contribution < 1.29 is 42.9 Å². The fraction of sp³-hybridized carbons (Fsp3) is 0.946. The van der Waals surface area contributed by atoms with Crippen LogP contribution in [0.1, 0.15) is 142 Å². The van der Waals surface area contributed by atoms with Gasteiger partial charge in [-0.3, -0.25) is 9.36 Å². The highest BCUT2D eigenvalue weighted by molar-refractivity contribution is 7.99. The number of nitrogens with one attached hydrogen (secondary N) is 2. The molecule has 12 nitrogen and oxygen atoms in total. The lowest BCUT2D eigenvalue weighted by Gasteiger charge is -2.19. The van der Waals surface area contributed by atoms with Crippen LogP contribution in [0.25, 0.3) is 0 Å². The number of carbonyl (C=O) groups excluding carboxylic acids is 2. The van der Waals surface area contributed by atoms with E-state index in [1.54, 1.807) is 0 Å². The van der Waals surface area contributed by atoms with E-state index in [1.165, 1.54) is 108 Å². The first-order valence-electron chi connectivity index (χ1n) is 20.0. The Morgan fingerprint density at radius 1 is 0.627 bits per heavy atom. The number of carbonyl (C=O) groups is 2. The summed E-state index contributed by atoms with van der Waals surface area (Å²) in [5.74, 6) is 0.775. The number of hydrogen-bond donors (Lipinski definition) is 5. The molecular weight excluding hydrogens is 693 g/mol. The number of nitrogens with two attached hydrogens (primary N) is 1. The molecule has 0 bridgehead atoms. The minimum Gasteiger partial charge on any atom is -0.445 e. The average Bonchev–Trinajstić information content (AvgIpc) is 3.09. The first-order valence-corrected chi connectivity index (χ1v) is 23.0. The first-order chi connectivity index (χ1) is 24.7. The summed E-state index contributed by atoms with van der Waals surface area (Å²) in [4.78, 5) is 42.6. The van der Waals surface area contributed by atoms with Crippen LogP contribution < -0.4 is 16.4 Å². The Bertz CT molecular complexity index is 841. The second kappa shape index (κ2) is 37.4. The van der Waals surface area contributed by atoms with Crippen molar-refractivity contribution in [2.45, 2.75) is 154 Å². The van der Waals surface area contributed by atoms with Crippen molar-refractivity contribution in [3.63, 3.8) is 0 Å². The lowest BCUT2D eigenvalue weighted by atomic mass is 10.0. The first kappa shape index (κ1) is 50.1. The smallest absolute Gasteiger partial charge is 0.407 e. The van der Waals surface area contributed by atoms with E-state index in [-0.39, 0.29) is 37.5 Å². The molecule has 0 aliphatic rings. The Hall–Kier alpha value is -0.920. The van der Waals surface area contributed by atoms with Crippen LogP contribution in [-0.4, -0.2) is 104 Å². The maximum absolute atomic E-state index is 12.6. The Morgan fingerprint density at radius 3 is 1.63 bits per heavy atom. The van der Waals surface area contributed by atoms with Gasteiger partial charge in [0.05, 0.1) is 51.8 Å². The molecule has 6 N–H and O–H groups in total. The van der Waals surface area contributed by atoms with Crippen molar-refractivity contribution in [1.29, 1.82) is 0 Å². The number of rotatable bonds is 39. The fourth-order valence-corrected chi connectivity index (χ4v) is 6.77. The third-order valence-corrected chi connectivity index (χ3v) is 10.4. The van der Waals surface area contributed by atoms with Gasteiger partial charge in [0.15, 0.2) is 0 Å².